The fourth-order valence-corrected chi connectivity index (χ4v) is 5.34. The van der Waals surface area contributed by atoms with Crippen molar-refractivity contribution in [3.63, 3.8) is 0 Å². The summed E-state index contributed by atoms with van der Waals surface area (Å²) in [6.45, 7) is 1.98. The number of ether oxygens (including phenoxy) is 2. The van der Waals surface area contributed by atoms with E-state index in [-0.39, 0.29) is 15.8 Å². The highest BCUT2D eigenvalue weighted by atomic mass is 35.5. The fraction of sp³-hybridized carbons (Fsp3) is 0.250. The Morgan fingerprint density at radius 1 is 1.00 bits per heavy atom. The summed E-state index contributed by atoms with van der Waals surface area (Å²) in [4.78, 5) is 40.4. The molecule has 0 spiro atoms. The average Bonchev–Trinajstić information content (AvgIpc) is 2.94. The molecule has 39 heavy (non-hydrogen) atoms. The first-order valence-corrected chi connectivity index (χ1v) is 13.0. The number of ketones is 1. The van der Waals surface area contributed by atoms with E-state index in [0.717, 1.165) is 18.5 Å². The van der Waals surface area contributed by atoms with E-state index in [1.54, 1.807) is 30.5 Å². The number of Topliss-reactive ketones (excluding diaryl/α,β-unsaturated/α-hetero) is 1. The Morgan fingerprint density at radius 3 is 2.36 bits per heavy atom. The largest absolute Gasteiger partial charge is 0.495 e. The lowest BCUT2D eigenvalue weighted by molar-refractivity contribution is -0.122. The summed E-state index contributed by atoms with van der Waals surface area (Å²) in [5, 5.41) is 3.40. The van der Waals surface area contributed by atoms with Gasteiger partial charge in [0, 0.05) is 48.7 Å². The van der Waals surface area contributed by atoms with E-state index in [4.69, 9.17) is 32.7 Å². The zero-order valence-electron chi connectivity index (χ0n) is 21.3. The molecule has 1 amide bonds. The van der Waals surface area contributed by atoms with E-state index >= 15 is 0 Å². The van der Waals surface area contributed by atoms with Gasteiger partial charge in [0.15, 0.2) is 0 Å². The summed E-state index contributed by atoms with van der Waals surface area (Å²) in [5.41, 5.74) is 3.10. The van der Waals surface area contributed by atoms with Crippen molar-refractivity contribution < 1.29 is 19.1 Å². The van der Waals surface area contributed by atoms with Crippen molar-refractivity contribution in [1.29, 1.82) is 0 Å². The Morgan fingerprint density at radius 2 is 1.72 bits per heavy atom. The number of benzene rings is 2. The first kappa shape index (κ1) is 26.8. The minimum absolute atomic E-state index is 0.259. The third-order valence-corrected chi connectivity index (χ3v) is 7.27. The maximum absolute atomic E-state index is 13.3. The number of pyridine rings is 1. The zero-order valence-corrected chi connectivity index (χ0v) is 22.8. The van der Waals surface area contributed by atoms with Gasteiger partial charge < -0.3 is 14.8 Å². The second-order valence-electron chi connectivity index (χ2n) is 9.06. The number of piperidine rings is 1. The molecule has 1 aliphatic rings. The molecule has 2 aromatic heterocycles. The molecular weight excluding hydrogens is 541 g/mol. The summed E-state index contributed by atoms with van der Waals surface area (Å²) < 4.78 is 10.8. The van der Waals surface area contributed by atoms with Crippen LogP contribution in [-0.2, 0) is 11.3 Å². The van der Waals surface area contributed by atoms with Gasteiger partial charge in [-0.3, -0.25) is 24.5 Å². The molecule has 1 fully saturated rings. The van der Waals surface area contributed by atoms with Crippen LogP contribution in [0.4, 0.5) is 5.82 Å². The van der Waals surface area contributed by atoms with Crippen molar-refractivity contribution >= 4 is 51.7 Å². The quantitative estimate of drug-likeness (QED) is 0.316. The Bertz CT molecular complexity index is 1530. The molecule has 0 radical (unpaired) electrons. The number of carbonyl (C=O) groups is 2. The number of nitrogens with one attached hydrogen (secondary N) is 1. The summed E-state index contributed by atoms with van der Waals surface area (Å²) >= 11 is 13.3. The third-order valence-electron chi connectivity index (χ3n) is 6.52. The predicted molar refractivity (Wildman–Crippen MR) is 150 cm³/mol. The summed E-state index contributed by atoms with van der Waals surface area (Å²) in [6, 6.07) is 8.59. The second kappa shape index (κ2) is 11.5. The van der Waals surface area contributed by atoms with Gasteiger partial charge in [-0.25, -0.2) is 4.98 Å². The van der Waals surface area contributed by atoms with E-state index in [2.05, 4.69) is 25.2 Å². The number of methoxy groups -OCH3 is 2. The number of anilines is 1. The Hall–Kier alpha value is -3.79. The molecule has 3 heterocycles. The lowest BCUT2D eigenvalue weighted by atomic mass is 9.99. The molecule has 4 aromatic rings. The summed E-state index contributed by atoms with van der Waals surface area (Å²) in [7, 11) is 3.00. The third kappa shape index (κ3) is 5.52. The smallest absolute Gasteiger partial charge is 0.259 e. The van der Waals surface area contributed by atoms with Crippen molar-refractivity contribution in [3.8, 4) is 22.6 Å². The lowest BCUT2D eigenvalue weighted by Crippen LogP contribution is -2.35. The minimum Gasteiger partial charge on any atom is -0.495 e. The van der Waals surface area contributed by atoms with Crippen molar-refractivity contribution in [3.05, 3.63) is 70.1 Å². The van der Waals surface area contributed by atoms with Crippen molar-refractivity contribution in [2.24, 2.45) is 0 Å². The second-order valence-corrected chi connectivity index (χ2v) is 9.81. The molecule has 1 aliphatic heterocycles. The molecular formula is C28H25Cl2N5O4. The first-order chi connectivity index (χ1) is 18.9. The van der Waals surface area contributed by atoms with E-state index < -0.39 is 5.91 Å². The number of rotatable bonds is 7. The molecule has 9 nitrogen and oxygen atoms in total. The molecule has 11 heteroatoms. The summed E-state index contributed by atoms with van der Waals surface area (Å²) in [6.07, 6.45) is 6.27. The Kier molecular flexibility index (Phi) is 7.92. The molecule has 5 rings (SSSR count). The van der Waals surface area contributed by atoms with Crippen molar-refractivity contribution in [1.82, 2.24) is 19.9 Å². The monoisotopic (exact) mass is 565 g/mol. The molecule has 1 N–H and O–H groups in total. The SMILES string of the molecule is COc1cc(OC)c(Cl)c(-c2ccc(C(=O)Nc3ccc(CN4CCCC(=O)C4)cn3)c3nccnc23)c1Cl. The van der Waals surface area contributed by atoms with Gasteiger partial charge in [0.2, 0.25) is 0 Å². The lowest BCUT2D eigenvalue weighted by Gasteiger charge is -2.25. The van der Waals surface area contributed by atoms with E-state index in [1.807, 2.05) is 6.07 Å². The fourth-order valence-electron chi connectivity index (χ4n) is 4.64. The Balaban J connectivity index is 1.43. The van der Waals surface area contributed by atoms with Gasteiger partial charge in [0.05, 0.1) is 41.9 Å². The summed E-state index contributed by atoms with van der Waals surface area (Å²) in [5.74, 6) is 1.02. The molecule has 200 valence electrons. The molecule has 2 aromatic carbocycles. The molecule has 0 unspecified atom stereocenters. The number of nitrogens with zero attached hydrogens (tertiary/aromatic N) is 4. The number of hydrogen-bond acceptors (Lipinski definition) is 8. The zero-order chi connectivity index (χ0) is 27.5. The minimum atomic E-state index is -0.394. The van der Waals surface area contributed by atoms with Crippen LogP contribution in [0.5, 0.6) is 11.5 Å². The Labute approximate surface area is 235 Å². The van der Waals surface area contributed by atoms with Crippen LogP contribution in [0.15, 0.2) is 48.9 Å². The van der Waals surface area contributed by atoms with E-state index in [1.165, 1.54) is 26.6 Å². The number of carbonyl (C=O) groups excluding carboxylic acids is 2. The normalized spacial score (nSPS) is 13.9. The van der Waals surface area contributed by atoms with Gasteiger partial charge >= 0.3 is 0 Å². The standard InChI is InChI=1S/C28H25Cl2N5O4/c1-38-20-12-21(39-2)25(30)23(24(20)29)18-6-7-19(27-26(18)31-9-10-32-27)28(37)34-22-8-5-16(13-33-22)14-35-11-3-4-17(36)15-35/h5-10,12-13H,3-4,11,14-15H2,1-2H3,(H,33,34,37). The van der Waals surface area contributed by atoms with Gasteiger partial charge in [0.1, 0.15) is 28.6 Å². The predicted octanol–water partition coefficient (Wildman–Crippen LogP) is 5.43. The highest BCUT2D eigenvalue weighted by Gasteiger charge is 2.23. The number of amides is 1. The van der Waals surface area contributed by atoms with Crippen LogP contribution >= 0.6 is 23.2 Å². The van der Waals surface area contributed by atoms with E-state index in [9.17, 15) is 9.59 Å². The number of aromatic nitrogens is 3. The molecule has 0 atom stereocenters. The maximum Gasteiger partial charge on any atom is 0.259 e. The van der Waals surface area contributed by atoms with Crippen LogP contribution in [0.1, 0.15) is 28.8 Å². The van der Waals surface area contributed by atoms with Gasteiger partial charge in [-0.15, -0.1) is 0 Å². The molecule has 0 saturated carbocycles. The van der Waals surface area contributed by atoms with Gasteiger partial charge in [-0.1, -0.05) is 35.3 Å². The van der Waals surface area contributed by atoms with Crippen LogP contribution < -0.4 is 14.8 Å². The highest BCUT2D eigenvalue weighted by molar-refractivity contribution is 6.41. The van der Waals surface area contributed by atoms with Crippen LogP contribution in [0, 0.1) is 0 Å². The number of halogens is 2. The van der Waals surface area contributed by atoms with Gasteiger partial charge in [-0.05, 0) is 30.7 Å². The van der Waals surface area contributed by atoms with Gasteiger partial charge in [0.25, 0.3) is 5.91 Å². The van der Waals surface area contributed by atoms with Crippen LogP contribution in [0.25, 0.3) is 22.2 Å². The average molecular weight is 566 g/mol. The molecule has 1 saturated heterocycles. The van der Waals surface area contributed by atoms with Crippen LogP contribution in [0.2, 0.25) is 10.0 Å². The first-order valence-electron chi connectivity index (χ1n) is 12.2. The van der Waals surface area contributed by atoms with E-state index in [0.29, 0.717) is 64.6 Å². The van der Waals surface area contributed by atoms with Crippen molar-refractivity contribution in [2.75, 3.05) is 32.6 Å². The van der Waals surface area contributed by atoms with Crippen molar-refractivity contribution in [2.45, 2.75) is 19.4 Å². The van der Waals surface area contributed by atoms with Crippen LogP contribution in [-0.4, -0.2) is 58.9 Å². The molecule has 0 bridgehead atoms. The highest BCUT2D eigenvalue weighted by Crippen LogP contribution is 2.47. The number of likely N-dealkylation sites (tertiary alicyclic amines) is 1. The maximum atomic E-state index is 13.3. The van der Waals surface area contributed by atoms with Crippen LogP contribution in [0.3, 0.4) is 0 Å². The number of fused-ring (bicyclic) bond motifs is 1. The topological polar surface area (TPSA) is 107 Å². The van der Waals surface area contributed by atoms with Gasteiger partial charge in [-0.2, -0.15) is 0 Å². The molecule has 0 aliphatic carbocycles. The number of hydrogen-bond donors (Lipinski definition) is 1.